The largest absolute Gasteiger partial charge is 0.480 e. The van der Waals surface area contributed by atoms with Crippen molar-refractivity contribution in [2.24, 2.45) is 7.05 Å². The lowest BCUT2D eigenvalue weighted by Gasteiger charge is -2.34. The maximum Gasteiger partial charge on any atom is 0.248 e. The third-order valence-electron chi connectivity index (χ3n) is 5.29. The predicted molar refractivity (Wildman–Crippen MR) is 119 cm³/mol. The molecule has 164 valence electrons. The highest BCUT2D eigenvalue weighted by Crippen LogP contribution is 2.27. The van der Waals surface area contributed by atoms with Gasteiger partial charge < -0.3 is 20.3 Å². The van der Waals surface area contributed by atoms with Gasteiger partial charge in [-0.15, -0.1) is 0 Å². The number of rotatable bonds is 6. The van der Waals surface area contributed by atoms with Gasteiger partial charge in [-0.2, -0.15) is 15.3 Å². The maximum atomic E-state index is 11.7. The van der Waals surface area contributed by atoms with Crippen molar-refractivity contribution in [1.82, 2.24) is 24.7 Å². The first kappa shape index (κ1) is 21.0. The SMILES string of the molecule is C=CC(=O)Nc1nn(C)c2cc(N3CCC[C@@H](Nc4ncc(C#N)c(OC)n4)C3)ncc12. The number of carbonyl (C=O) groups is 1. The molecule has 1 fully saturated rings. The van der Waals surface area contributed by atoms with Crippen LogP contribution in [0, 0.1) is 11.3 Å². The van der Waals surface area contributed by atoms with Gasteiger partial charge in [0.05, 0.1) is 24.2 Å². The summed E-state index contributed by atoms with van der Waals surface area (Å²) in [4.78, 5) is 27.0. The lowest BCUT2D eigenvalue weighted by Crippen LogP contribution is -2.42. The van der Waals surface area contributed by atoms with Crippen LogP contribution in [0.25, 0.3) is 10.9 Å². The Labute approximate surface area is 184 Å². The number of ether oxygens (including phenoxy) is 1. The number of nitrogens with zero attached hydrogens (tertiary/aromatic N) is 7. The third kappa shape index (κ3) is 4.15. The van der Waals surface area contributed by atoms with Crippen LogP contribution in [-0.2, 0) is 11.8 Å². The molecule has 32 heavy (non-hydrogen) atoms. The second-order valence-electron chi connectivity index (χ2n) is 7.38. The summed E-state index contributed by atoms with van der Waals surface area (Å²) in [5.41, 5.74) is 1.16. The van der Waals surface area contributed by atoms with Crippen LogP contribution in [0.1, 0.15) is 18.4 Å². The van der Waals surface area contributed by atoms with Gasteiger partial charge >= 0.3 is 0 Å². The second kappa shape index (κ2) is 8.89. The van der Waals surface area contributed by atoms with E-state index < -0.39 is 0 Å². The van der Waals surface area contributed by atoms with E-state index in [1.165, 1.54) is 19.4 Å². The van der Waals surface area contributed by atoms with E-state index in [1.54, 1.807) is 10.9 Å². The Kier molecular flexibility index (Phi) is 5.85. The fourth-order valence-corrected chi connectivity index (χ4v) is 3.73. The molecule has 1 amide bonds. The number of piperidine rings is 1. The van der Waals surface area contributed by atoms with Crippen LogP contribution in [0.2, 0.25) is 0 Å². The zero-order chi connectivity index (χ0) is 22.7. The molecular formula is C21H23N9O2. The summed E-state index contributed by atoms with van der Waals surface area (Å²) in [5.74, 6) is 1.63. The number of fused-ring (bicyclic) bond motifs is 1. The van der Waals surface area contributed by atoms with Gasteiger partial charge in [0.25, 0.3) is 0 Å². The van der Waals surface area contributed by atoms with Crippen molar-refractivity contribution in [3.05, 3.63) is 36.7 Å². The number of methoxy groups -OCH3 is 1. The smallest absolute Gasteiger partial charge is 0.248 e. The van der Waals surface area contributed by atoms with Gasteiger partial charge in [0.1, 0.15) is 17.5 Å². The average molecular weight is 433 g/mol. The summed E-state index contributed by atoms with van der Waals surface area (Å²) in [6.07, 6.45) is 6.30. The number of nitrogens with one attached hydrogen (secondary N) is 2. The molecule has 1 aliphatic rings. The van der Waals surface area contributed by atoms with Crippen LogP contribution < -0.4 is 20.3 Å². The van der Waals surface area contributed by atoms with E-state index in [4.69, 9.17) is 10.00 Å². The van der Waals surface area contributed by atoms with E-state index in [2.05, 4.69) is 42.2 Å². The van der Waals surface area contributed by atoms with Crippen LogP contribution in [-0.4, -0.2) is 56.9 Å². The fourth-order valence-electron chi connectivity index (χ4n) is 3.73. The van der Waals surface area contributed by atoms with Gasteiger partial charge in [0.2, 0.25) is 17.7 Å². The van der Waals surface area contributed by atoms with E-state index in [-0.39, 0.29) is 17.8 Å². The highest BCUT2D eigenvalue weighted by Gasteiger charge is 2.23. The molecule has 1 saturated heterocycles. The van der Waals surface area contributed by atoms with Crippen LogP contribution in [0.4, 0.5) is 17.6 Å². The lowest BCUT2D eigenvalue weighted by molar-refractivity contribution is -0.111. The zero-order valence-corrected chi connectivity index (χ0v) is 17.9. The van der Waals surface area contributed by atoms with Crippen molar-refractivity contribution in [3.63, 3.8) is 0 Å². The Morgan fingerprint density at radius 3 is 3.00 bits per heavy atom. The van der Waals surface area contributed by atoms with Gasteiger partial charge in [-0.3, -0.25) is 9.48 Å². The Balaban J connectivity index is 1.52. The Hall–Kier alpha value is -4.20. The van der Waals surface area contributed by atoms with Gasteiger partial charge in [0, 0.05) is 38.4 Å². The molecular weight excluding hydrogens is 410 g/mol. The minimum absolute atomic E-state index is 0.105. The molecule has 3 aromatic rings. The molecule has 1 aliphatic heterocycles. The number of aryl methyl sites for hydroxylation is 1. The predicted octanol–water partition coefficient (Wildman–Crippen LogP) is 1.84. The normalized spacial score (nSPS) is 15.8. The average Bonchev–Trinajstić information content (AvgIpc) is 3.13. The Morgan fingerprint density at radius 2 is 2.25 bits per heavy atom. The number of hydrogen-bond donors (Lipinski definition) is 2. The van der Waals surface area contributed by atoms with Crippen LogP contribution in [0.5, 0.6) is 5.88 Å². The zero-order valence-electron chi connectivity index (χ0n) is 17.9. The molecule has 0 unspecified atom stereocenters. The summed E-state index contributed by atoms with van der Waals surface area (Å²) in [6, 6.07) is 4.08. The lowest BCUT2D eigenvalue weighted by atomic mass is 10.1. The summed E-state index contributed by atoms with van der Waals surface area (Å²) in [7, 11) is 3.30. The summed E-state index contributed by atoms with van der Waals surface area (Å²) in [6.45, 7) is 5.05. The molecule has 0 saturated carbocycles. The minimum Gasteiger partial charge on any atom is -0.480 e. The van der Waals surface area contributed by atoms with Crippen molar-refractivity contribution in [2.75, 3.05) is 35.7 Å². The van der Waals surface area contributed by atoms with E-state index in [0.717, 1.165) is 36.1 Å². The number of nitriles is 1. The first-order valence-electron chi connectivity index (χ1n) is 10.1. The van der Waals surface area contributed by atoms with E-state index >= 15 is 0 Å². The van der Waals surface area contributed by atoms with E-state index in [0.29, 0.717) is 23.9 Å². The molecule has 4 rings (SSSR count). The monoisotopic (exact) mass is 433 g/mol. The molecule has 2 N–H and O–H groups in total. The second-order valence-corrected chi connectivity index (χ2v) is 7.38. The van der Waals surface area contributed by atoms with Crippen LogP contribution in [0.15, 0.2) is 31.1 Å². The summed E-state index contributed by atoms with van der Waals surface area (Å²) < 4.78 is 6.89. The molecule has 0 aromatic carbocycles. The van der Waals surface area contributed by atoms with Gasteiger partial charge in [0.15, 0.2) is 5.82 Å². The van der Waals surface area contributed by atoms with Crippen LogP contribution >= 0.6 is 0 Å². The van der Waals surface area contributed by atoms with Gasteiger partial charge in [-0.05, 0) is 18.9 Å². The molecule has 1 atom stereocenters. The molecule has 0 radical (unpaired) electrons. The number of amides is 1. The highest BCUT2D eigenvalue weighted by molar-refractivity contribution is 6.04. The number of aromatic nitrogens is 5. The van der Waals surface area contributed by atoms with E-state index in [9.17, 15) is 4.79 Å². The Morgan fingerprint density at radius 1 is 1.41 bits per heavy atom. The number of carbonyl (C=O) groups excluding carboxylic acids is 1. The van der Waals surface area contributed by atoms with Crippen molar-refractivity contribution in [3.8, 4) is 11.9 Å². The van der Waals surface area contributed by atoms with Crippen molar-refractivity contribution < 1.29 is 9.53 Å². The molecule has 0 aliphatic carbocycles. The summed E-state index contributed by atoms with van der Waals surface area (Å²) >= 11 is 0. The highest BCUT2D eigenvalue weighted by atomic mass is 16.5. The number of anilines is 3. The summed E-state index contributed by atoms with van der Waals surface area (Å²) in [5, 5.41) is 20.3. The standard InChI is InChI=1S/C21H23N9O2/c1-4-18(31)26-19-15-11-23-17(8-16(15)29(2)28-19)30-7-5-6-14(12-30)25-21-24-10-13(9-22)20(27-21)32-3/h4,8,10-11,14H,1,5-7,12H2,2-3H3,(H,24,25,27)(H,26,28,31)/t14-/m1/s1. The van der Waals surface area contributed by atoms with Crippen LogP contribution in [0.3, 0.4) is 0 Å². The molecule has 11 nitrogen and oxygen atoms in total. The van der Waals surface area contributed by atoms with Crippen molar-refractivity contribution in [1.29, 1.82) is 5.26 Å². The first-order chi connectivity index (χ1) is 15.5. The molecule has 3 aromatic heterocycles. The topological polar surface area (TPSA) is 134 Å². The Bertz CT molecular complexity index is 1210. The molecule has 11 heteroatoms. The molecule has 4 heterocycles. The van der Waals surface area contributed by atoms with Gasteiger partial charge in [-0.25, -0.2) is 9.97 Å². The van der Waals surface area contributed by atoms with Crippen molar-refractivity contribution >= 4 is 34.4 Å². The first-order valence-corrected chi connectivity index (χ1v) is 10.1. The quantitative estimate of drug-likeness (QED) is 0.558. The fraction of sp³-hybridized carbons (Fsp3) is 0.333. The minimum atomic E-state index is -0.319. The van der Waals surface area contributed by atoms with E-state index in [1.807, 2.05) is 19.2 Å². The maximum absolute atomic E-state index is 11.7. The van der Waals surface area contributed by atoms with Crippen molar-refractivity contribution in [2.45, 2.75) is 18.9 Å². The number of pyridine rings is 1. The van der Waals surface area contributed by atoms with Gasteiger partial charge in [-0.1, -0.05) is 6.58 Å². The molecule has 0 bridgehead atoms. The molecule has 0 spiro atoms. The number of hydrogen-bond acceptors (Lipinski definition) is 9. The third-order valence-corrected chi connectivity index (χ3v) is 5.29.